The van der Waals surface area contributed by atoms with Gasteiger partial charge in [-0.25, -0.2) is 0 Å². The Kier molecular flexibility index (Phi) is 4.45. The lowest BCUT2D eigenvalue weighted by Gasteiger charge is -2.10. The number of halogens is 1. The molecule has 0 saturated heterocycles. The standard InChI is InChI=1S/C13H13BrO2S/c1-15-11-5-4-10(8-14)13(7-11)16-9-12-3-2-6-17-12/h2-7H,8-9H2,1H3. The van der Waals surface area contributed by atoms with Crippen molar-refractivity contribution in [2.45, 2.75) is 11.9 Å². The van der Waals surface area contributed by atoms with Gasteiger partial charge in [0.05, 0.1) is 7.11 Å². The molecule has 0 N–H and O–H groups in total. The molecular formula is C13H13BrO2S. The average molecular weight is 313 g/mol. The second-order valence-electron chi connectivity index (χ2n) is 3.48. The summed E-state index contributed by atoms with van der Waals surface area (Å²) in [5.74, 6) is 1.69. The number of thiophene rings is 1. The average Bonchev–Trinajstić information content (AvgIpc) is 2.89. The van der Waals surface area contributed by atoms with Gasteiger partial charge in [-0.2, -0.15) is 0 Å². The van der Waals surface area contributed by atoms with E-state index in [2.05, 4.69) is 27.4 Å². The van der Waals surface area contributed by atoms with Crippen molar-refractivity contribution in [3.63, 3.8) is 0 Å². The molecule has 0 unspecified atom stereocenters. The number of hydrogen-bond donors (Lipinski definition) is 0. The van der Waals surface area contributed by atoms with Crippen molar-refractivity contribution in [2.24, 2.45) is 0 Å². The number of ether oxygens (including phenoxy) is 2. The predicted molar refractivity (Wildman–Crippen MR) is 74.3 cm³/mol. The monoisotopic (exact) mass is 312 g/mol. The molecule has 0 saturated carbocycles. The van der Waals surface area contributed by atoms with E-state index in [4.69, 9.17) is 9.47 Å². The molecule has 0 atom stereocenters. The molecule has 2 aromatic rings. The van der Waals surface area contributed by atoms with Crippen molar-refractivity contribution in [3.05, 3.63) is 46.2 Å². The maximum atomic E-state index is 5.82. The number of rotatable bonds is 5. The van der Waals surface area contributed by atoms with Crippen LogP contribution in [0.4, 0.5) is 0 Å². The molecule has 0 amide bonds. The fourth-order valence-electron chi connectivity index (χ4n) is 1.45. The van der Waals surface area contributed by atoms with Crippen LogP contribution in [-0.2, 0) is 11.9 Å². The van der Waals surface area contributed by atoms with Crippen LogP contribution in [0.5, 0.6) is 11.5 Å². The summed E-state index contributed by atoms with van der Waals surface area (Å²) >= 11 is 5.15. The van der Waals surface area contributed by atoms with Crippen LogP contribution in [-0.4, -0.2) is 7.11 Å². The Balaban J connectivity index is 2.12. The van der Waals surface area contributed by atoms with Crippen molar-refractivity contribution in [1.29, 1.82) is 0 Å². The Bertz CT molecular complexity index is 468. The second kappa shape index (κ2) is 6.07. The fourth-order valence-corrected chi connectivity index (χ4v) is 2.53. The van der Waals surface area contributed by atoms with E-state index in [0.717, 1.165) is 22.4 Å². The first-order chi connectivity index (χ1) is 8.33. The van der Waals surface area contributed by atoms with Crippen LogP contribution in [0.25, 0.3) is 0 Å². The topological polar surface area (TPSA) is 18.5 Å². The Labute approximate surface area is 113 Å². The van der Waals surface area contributed by atoms with E-state index in [-0.39, 0.29) is 0 Å². The minimum atomic E-state index is 0.602. The third kappa shape index (κ3) is 3.23. The summed E-state index contributed by atoms with van der Waals surface area (Å²) in [5.41, 5.74) is 1.13. The van der Waals surface area contributed by atoms with Gasteiger partial charge in [-0.15, -0.1) is 11.3 Å². The van der Waals surface area contributed by atoms with E-state index in [9.17, 15) is 0 Å². The summed E-state index contributed by atoms with van der Waals surface area (Å²) in [6.45, 7) is 0.602. The molecule has 17 heavy (non-hydrogen) atoms. The zero-order valence-corrected chi connectivity index (χ0v) is 11.9. The van der Waals surface area contributed by atoms with Crippen LogP contribution in [0.15, 0.2) is 35.7 Å². The highest BCUT2D eigenvalue weighted by molar-refractivity contribution is 9.08. The first-order valence-corrected chi connectivity index (χ1v) is 7.21. The largest absolute Gasteiger partial charge is 0.497 e. The number of methoxy groups -OCH3 is 1. The Hall–Kier alpha value is -1.00. The zero-order valence-electron chi connectivity index (χ0n) is 9.48. The summed E-state index contributed by atoms with van der Waals surface area (Å²) in [4.78, 5) is 1.22. The van der Waals surface area contributed by atoms with E-state index in [0.29, 0.717) is 6.61 Å². The van der Waals surface area contributed by atoms with Gasteiger partial charge in [-0.3, -0.25) is 0 Å². The molecule has 0 aliphatic carbocycles. The lowest BCUT2D eigenvalue weighted by Crippen LogP contribution is -1.96. The van der Waals surface area contributed by atoms with Gasteiger partial charge in [0.2, 0.25) is 0 Å². The maximum Gasteiger partial charge on any atom is 0.127 e. The number of hydrogen-bond acceptors (Lipinski definition) is 3. The molecule has 4 heteroatoms. The van der Waals surface area contributed by atoms with E-state index in [1.54, 1.807) is 18.4 Å². The molecule has 0 spiro atoms. The third-order valence-corrected chi connectivity index (χ3v) is 3.82. The van der Waals surface area contributed by atoms with Crippen LogP contribution < -0.4 is 9.47 Å². The summed E-state index contributed by atoms with van der Waals surface area (Å²) in [5, 5.41) is 2.83. The van der Waals surface area contributed by atoms with Gasteiger partial charge in [0.15, 0.2) is 0 Å². The second-order valence-corrected chi connectivity index (χ2v) is 5.07. The lowest BCUT2D eigenvalue weighted by molar-refractivity contribution is 0.305. The van der Waals surface area contributed by atoms with Crippen molar-refractivity contribution < 1.29 is 9.47 Å². The van der Waals surface area contributed by atoms with Gasteiger partial charge in [0.1, 0.15) is 18.1 Å². The molecule has 0 aliphatic rings. The minimum absolute atomic E-state index is 0.602. The van der Waals surface area contributed by atoms with Crippen molar-refractivity contribution in [2.75, 3.05) is 7.11 Å². The number of alkyl halides is 1. The van der Waals surface area contributed by atoms with Crippen molar-refractivity contribution in [3.8, 4) is 11.5 Å². The van der Waals surface area contributed by atoms with Gasteiger partial charge in [0.25, 0.3) is 0 Å². The lowest BCUT2D eigenvalue weighted by atomic mass is 10.2. The smallest absolute Gasteiger partial charge is 0.127 e. The summed E-state index contributed by atoms with van der Waals surface area (Å²) in [6, 6.07) is 9.97. The van der Waals surface area contributed by atoms with Crippen LogP contribution in [0, 0.1) is 0 Å². The quantitative estimate of drug-likeness (QED) is 0.769. The molecule has 90 valence electrons. The minimum Gasteiger partial charge on any atom is -0.497 e. The predicted octanol–water partition coefficient (Wildman–Crippen LogP) is 4.23. The highest BCUT2D eigenvalue weighted by atomic mass is 79.9. The van der Waals surface area contributed by atoms with Crippen LogP contribution >= 0.6 is 27.3 Å². The van der Waals surface area contributed by atoms with E-state index >= 15 is 0 Å². The fraction of sp³-hybridized carbons (Fsp3) is 0.231. The SMILES string of the molecule is COc1ccc(CBr)c(OCc2cccs2)c1. The van der Waals surface area contributed by atoms with E-state index in [1.807, 2.05) is 24.3 Å². The third-order valence-electron chi connectivity index (χ3n) is 2.37. The van der Waals surface area contributed by atoms with Gasteiger partial charge in [-0.1, -0.05) is 28.1 Å². The van der Waals surface area contributed by atoms with E-state index < -0.39 is 0 Å². The van der Waals surface area contributed by atoms with E-state index in [1.165, 1.54) is 4.88 Å². The Morgan fingerprint density at radius 1 is 1.29 bits per heavy atom. The molecule has 1 aromatic heterocycles. The maximum absolute atomic E-state index is 5.82. The molecule has 0 aliphatic heterocycles. The van der Waals surface area contributed by atoms with Gasteiger partial charge < -0.3 is 9.47 Å². The van der Waals surface area contributed by atoms with Crippen LogP contribution in [0.3, 0.4) is 0 Å². The zero-order chi connectivity index (χ0) is 12.1. The molecule has 0 radical (unpaired) electrons. The molecule has 1 aromatic carbocycles. The highest BCUT2D eigenvalue weighted by Gasteiger charge is 2.05. The Morgan fingerprint density at radius 2 is 2.18 bits per heavy atom. The van der Waals surface area contributed by atoms with Gasteiger partial charge >= 0.3 is 0 Å². The first kappa shape index (κ1) is 12.5. The van der Waals surface area contributed by atoms with Crippen molar-refractivity contribution >= 4 is 27.3 Å². The van der Waals surface area contributed by atoms with Gasteiger partial charge in [0, 0.05) is 21.8 Å². The summed E-state index contributed by atoms with van der Waals surface area (Å²) in [7, 11) is 1.66. The first-order valence-electron chi connectivity index (χ1n) is 5.21. The molecule has 2 nitrogen and oxygen atoms in total. The normalized spacial score (nSPS) is 10.2. The summed E-state index contributed by atoms with van der Waals surface area (Å²) in [6.07, 6.45) is 0. The molecule has 1 heterocycles. The molecule has 0 fully saturated rings. The molecule has 2 rings (SSSR count). The highest BCUT2D eigenvalue weighted by Crippen LogP contribution is 2.27. The molecule has 0 bridgehead atoms. The van der Waals surface area contributed by atoms with Crippen LogP contribution in [0.1, 0.15) is 10.4 Å². The molecular weight excluding hydrogens is 300 g/mol. The summed E-state index contributed by atoms with van der Waals surface area (Å²) < 4.78 is 11.0. The van der Waals surface area contributed by atoms with Crippen molar-refractivity contribution in [1.82, 2.24) is 0 Å². The Morgan fingerprint density at radius 3 is 2.82 bits per heavy atom. The number of benzene rings is 1. The van der Waals surface area contributed by atoms with Crippen LogP contribution in [0.2, 0.25) is 0 Å². The van der Waals surface area contributed by atoms with Gasteiger partial charge in [-0.05, 0) is 17.5 Å².